The van der Waals surface area contributed by atoms with Crippen molar-refractivity contribution in [1.82, 2.24) is 20.2 Å². The maximum atomic E-state index is 14.7. The number of piperidine rings is 1. The molecular formula is C23H27FN4O4. The maximum Gasteiger partial charge on any atom is 0.319 e. The summed E-state index contributed by atoms with van der Waals surface area (Å²) in [5.74, 6) is -0.585. The maximum absolute atomic E-state index is 14.7. The molecule has 2 atom stereocenters. The third-order valence-corrected chi connectivity index (χ3v) is 6.45. The van der Waals surface area contributed by atoms with E-state index in [0.717, 1.165) is 0 Å². The van der Waals surface area contributed by atoms with Gasteiger partial charge in [-0.25, -0.2) is 9.37 Å². The Morgan fingerprint density at radius 1 is 1.28 bits per heavy atom. The Bertz CT molecular complexity index is 1050. The van der Waals surface area contributed by atoms with Crippen LogP contribution in [0.4, 0.5) is 4.39 Å². The van der Waals surface area contributed by atoms with E-state index in [-0.39, 0.29) is 41.9 Å². The average molecular weight is 442 g/mol. The molecule has 1 N–H and O–H groups in total. The van der Waals surface area contributed by atoms with Gasteiger partial charge in [0.1, 0.15) is 5.82 Å². The number of hydrogen-bond acceptors (Lipinski definition) is 6. The molecule has 1 aromatic carbocycles. The van der Waals surface area contributed by atoms with E-state index in [1.54, 1.807) is 30.0 Å². The number of halogens is 1. The Kier molecular flexibility index (Phi) is 5.99. The summed E-state index contributed by atoms with van der Waals surface area (Å²) in [6.45, 7) is 2.41. The lowest BCUT2D eigenvalue weighted by molar-refractivity contribution is -0.131. The first-order valence-electron chi connectivity index (χ1n) is 10.7. The smallest absolute Gasteiger partial charge is 0.319 e. The highest BCUT2D eigenvalue weighted by atomic mass is 19.1. The zero-order chi connectivity index (χ0) is 22.9. The minimum Gasteiger partial charge on any atom is -0.481 e. The zero-order valence-electron chi connectivity index (χ0n) is 18.5. The van der Waals surface area contributed by atoms with Gasteiger partial charge in [0, 0.05) is 31.0 Å². The summed E-state index contributed by atoms with van der Waals surface area (Å²) in [4.78, 5) is 35.8. The fourth-order valence-electron chi connectivity index (χ4n) is 4.87. The van der Waals surface area contributed by atoms with Crippen LogP contribution >= 0.6 is 0 Å². The van der Waals surface area contributed by atoms with Gasteiger partial charge in [-0.15, -0.1) is 0 Å². The van der Waals surface area contributed by atoms with Gasteiger partial charge in [-0.3, -0.25) is 9.59 Å². The van der Waals surface area contributed by atoms with E-state index in [9.17, 15) is 14.0 Å². The van der Waals surface area contributed by atoms with Crippen molar-refractivity contribution in [3.05, 3.63) is 46.9 Å². The fraction of sp³-hybridized carbons (Fsp3) is 0.478. The SMILES string of the molecule is COc1nc(C)c(CC(=O)N2C[C@@H](c3ccccc3F)[C@@]3(CCCC(=O)N3)C2)c(OC)n1. The van der Waals surface area contributed by atoms with Gasteiger partial charge in [0.15, 0.2) is 0 Å². The number of aromatic nitrogens is 2. The highest BCUT2D eigenvalue weighted by Crippen LogP contribution is 2.42. The molecule has 2 saturated heterocycles. The number of carbonyl (C=O) groups is 2. The van der Waals surface area contributed by atoms with E-state index in [1.807, 2.05) is 0 Å². The number of ether oxygens (including phenoxy) is 2. The Morgan fingerprint density at radius 3 is 2.75 bits per heavy atom. The minimum atomic E-state index is -0.678. The monoisotopic (exact) mass is 442 g/mol. The quantitative estimate of drug-likeness (QED) is 0.763. The van der Waals surface area contributed by atoms with Gasteiger partial charge in [0.25, 0.3) is 0 Å². The normalized spacial score (nSPS) is 22.7. The van der Waals surface area contributed by atoms with Crippen molar-refractivity contribution in [1.29, 1.82) is 0 Å². The molecule has 4 rings (SSSR count). The summed E-state index contributed by atoms with van der Waals surface area (Å²) < 4.78 is 25.2. The molecule has 1 spiro atoms. The number of carbonyl (C=O) groups excluding carboxylic acids is 2. The summed E-state index contributed by atoms with van der Waals surface area (Å²) in [6.07, 6.45) is 1.87. The lowest BCUT2D eigenvalue weighted by Gasteiger charge is -2.39. The third-order valence-electron chi connectivity index (χ3n) is 6.45. The lowest BCUT2D eigenvalue weighted by atomic mass is 9.76. The first kappa shape index (κ1) is 22.0. The van der Waals surface area contributed by atoms with E-state index in [1.165, 1.54) is 20.3 Å². The molecule has 170 valence electrons. The van der Waals surface area contributed by atoms with Crippen molar-refractivity contribution in [2.45, 2.75) is 44.1 Å². The standard InChI is InChI=1S/C23H27FN4O4/c1-14-16(21(31-2)26-22(25-14)32-3)11-20(30)28-12-17(15-7-4-5-8-18(15)24)23(13-28)10-6-9-19(29)27-23/h4-5,7-8,17H,6,9-13H2,1-3H3,(H,27,29)/t17-,23+/m0/s1. The van der Waals surface area contributed by atoms with Gasteiger partial charge in [-0.05, 0) is 31.4 Å². The van der Waals surface area contributed by atoms with Crippen molar-refractivity contribution in [3.8, 4) is 11.9 Å². The Hall–Kier alpha value is -3.23. The second-order valence-corrected chi connectivity index (χ2v) is 8.37. The predicted molar refractivity (Wildman–Crippen MR) is 114 cm³/mol. The minimum absolute atomic E-state index is 0.0347. The molecule has 0 unspecified atom stereocenters. The summed E-state index contributed by atoms with van der Waals surface area (Å²) >= 11 is 0. The van der Waals surface area contributed by atoms with E-state index in [2.05, 4.69) is 15.3 Å². The molecule has 0 radical (unpaired) electrons. The van der Waals surface area contributed by atoms with Crippen LogP contribution in [0.15, 0.2) is 24.3 Å². The Labute approximate surface area is 186 Å². The molecule has 2 aliphatic rings. The van der Waals surface area contributed by atoms with E-state index >= 15 is 0 Å². The second-order valence-electron chi connectivity index (χ2n) is 8.37. The lowest BCUT2D eigenvalue weighted by Crippen LogP contribution is -2.56. The van der Waals surface area contributed by atoms with Crippen molar-refractivity contribution >= 4 is 11.8 Å². The van der Waals surface area contributed by atoms with E-state index in [4.69, 9.17) is 9.47 Å². The molecular weight excluding hydrogens is 415 g/mol. The van der Waals surface area contributed by atoms with Gasteiger partial charge in [0.2, 0.25) is 17.7 Å². The van der Waals surface area contributed by atoms with Gasteiger partial charge in [0.05, 0.1) is 31.9 Å². The number of rotatable bonds is 5. The van der Waals surface area contributed by atoms with Gasteiger partial charge in [-0.1, -0.05) is 18.2 Å². The number of amides is 2. The highest BCUT2D eigenvalue weighted by Gasteiger charge is 2.51. The number of nitrogens with one attached hydrogen (secondary N) is 1. The van der Waals surface area contributed by atoms with Crippen LogP contribution in [0.3, 0.4) is 0 Å². The molecule has 0 aliphatic carbocycles. The fourth-order valence-corrected chi connectivity index (χ4v) is 4.87. The first-order valence-corrected chi connectivity index (χ1v) is 10.7. The van der Waals surface area contributed by atoms with E-state index < -0.39 is 5.54 Å². The molecule has 8 nitrogen and oxygen atoms in total. The van der Waals surface area contributed by atoms with Crippen LogP contribution in [0, 0.1) is 12.7 Å². The van der Waals surface area contributed by atoms with Crippen LogP contribution < -0.4 is 14.8 Å². The highest BCUT2D eigenvalue weighted by molar-refractivity contribution is 5.82. The molecule has 0 saturated carbocycles. The number of aryl methyl sites for hydroxylation is 1. The number of nitrogens with zero attached hydrogens (tertiary/aromatic N) is 3. The van der Waals surface area contributed by atoms with Gasteiger partial charge < -0.3 is 19.7 Å². The number of hydrogen-bond donors (Lipinski definition) is 1. The van der Waals surface area contributed by atoms with Crippen LogP contribution in [-0.2, 0) is 16.0 Å². The third kappa shape index (κ3) is 3.99. The average Bonchev–Trinajstić information content (AvgIpc) is 3.13. The van der Waals surface area contributed by atoms with Gasteiger partial charge >= 0.3 is 6.01 Å². The molecule has 1 aromatic heterocycles. The summed E-state index contributed by atoms with van der Waals surface area (Å²) in [7, 11) is 2.94. The van der Waals surface area contributed by atoms with Gasteiger partial charge in [-0.2, -0.15) is 4.98 Å². The summed E-state index contributed by atoms with van der Waals surface area (Å²) in [5.41, 5.74) is 1.01. The van der Waals surface area contributed by atoms with Crippen molar-refractivity contribution < 1.29 is 23.5 Å². The molecule has 0 bridgehead atoms. The number of benzene rings is 1. The zero-order valence-corrected chi connectivity index (χ0v) is 18.5. The van der Waals surface area contributed by atoms with Crippen molar-refractivity contribution in [2.75, 3.05) is 27.3 Å². The molecule has 32 heavy (non-hydrogen) atoms. The van der Waals surface area contributed by atoms with Crippen LogP contribution in [-0.4, -0.2) is 59.5 Å². The Balaban J connectivity index is 1.63. The molecule has 2 fully saturated rings. The van der Waals surface area contributed by atoms with Crippen molar-refractivity contribution in [2.24, 2.45) is 0 Å². The number of likely N-dealkylation sites (tertiary alicyclic amines) is 1. The summed E-state index contributed by atoms with van der Waals surface area (Å²) in [5, 5.41) is 3.10. The van der Waals surface area contributed by atoms with E-state index in [0.29, 0.717) is 49.2 Å². The molecule has 2 amide bonds. The van der Waals surface area contributed by atoms with Crippen molar-refractivity contribution in [3.63, 3.8) is 0 Å². The Morgan fingerprint density at radius 2 is 2.06 bits per heavy atom. The molecule has 9 heteroatoms. The molecule has 2 aromatic rings. The second kappa shape index (κ2) is 8.72. The van der Waals surface area contributed by atoms with Crippen LogP contribution in [0.25, 0.3) is 0 Å². The van der Waals surface area contributed by atoms with Crippen LogP contribution in [0.2, 0.25) is 0 Å². The number of methoxy groups -OCH3 is 2. The first-order chi connectivity index (χ1) is 15.4. The predicted octanol–water partition coefficient (Wildman–Crippen LogP) is 2.15. The molecule has 3 heterocycles. The van der Waals surface area contributed by atoms with Crippen LogP contribution in [0.1, 0.15) is 42.0 Å². The largest absolute Gasteiger partial charge is 0.481 e. The molecule has 2 aliphatic heterocycles. The summed E-state index contributed by atoms with van der Waals surface area (Å²) in [6, 6.07) is 6.74. The van der Waals surface area contributed by atoms with Crippen LogP contribution in [0.5, 0.6) is 11.9 Å². The topological polar surface area (TPSA) is 93.7 Å².